The van der Waals surface area contributed by atoms with Crippen molar-refractivity contribution >= 4 is 38.9 Å². The van der Waals surface area contributed by atoms with Crippen molar-refractivity contribution in [2.75, 3.05) is 25.6 Å². The van der Waals surface area contributed by atoms with Gasteiger partial charge in [-0.2, -0.15) is 0 Å². The summed E-state index contributed by atoms with van der Waals surface area (Å²) in [5.41, 5.74) is 2.16. The van der Waals surface area contributed by atoms with E-state index in [-0.39, 0.29) is 5.97 Å². The molecule has 2 aromatic rings. The van der Waals surface area contributed by atoms with Crippen molar-refractivity contribution in [2.45, 2.75) is 39.0 Å². The smallest absolute Gasteiger partial charge is 0.351 e. The van der Waals surface area contributed by atoms with Gasteiger partial charge in [0.25, 0.3) is 0 Å². The number of benzene rings is 1. The quantitative estimate of drug-likeness (QED) is 0.497. The third kappa shape index (κ3) is 4.85. The number of carbonyl (C=O) groups is 1. The topological polar surface area (TPSA) is 47.6 Å². The molecule has 6 heteroatoms. The largest absolute Gasteiger partial charge is 0.491 e. The van der Waals surface area contributed by atoms with Crippen LogP contribution in [0.15, 0.2) is 28.7 Å². The Morgan fingerprint density at radius 2 is 2.07 bits per heavy atom. The number of hydrogen-bond acceptors (Lipinski definition) is 5. The Bertz CT molecular complexity index is 784. The molecular weight excluding hydrogens is 426 g/mol. The van der Waals surface area contributed by atoms with E-state index >= 15 is 0 Å². The second-order valence-electron chi connectivity index (χ2n) is 6.79. The van der Waals surface area contributed by atoms with E-state index in [1.807, 2.05) is 13.0 Å². The molecule has 1 aliphatic rings. The number of thiophene rings is 1. The fraction of sp³-hybridized carbons (Fsp3) is 0.476. The molecule has 27 heavy (non-hydrogen) atoms. The summed E-state index contributed by atoms with van der Waals surface area (Å²) in [6.07, 6.45) is 6.73. The van der Waals surface area contributed by atoms with Crippen molar-refractivity contribution in [1.82, 2.24) is 0 Å². The number of rotatable bonds is 7. The van der Waals surface area contributed by atoms with E-state index in [0.29, 0.717) is 17.2 Å². The Kier molecular flexibility index (Phi) is 7.19. The van der Waals surface area contributed by atoms with Crippen LogP contribution in [0.2, 0.25) is 0 Å². The van der Waals surface area contributed by atoms with Crippen LogP contribution >= 0.6 is 27.3 Å². The lowest BCUT2D eigenvalue weighted by molar-refractivity contribution is 0.0602. The van der Waals surface area contributed by atoms with Crippen LogP contribution in [0.4, 0.5) is 5.69 Å². The summed E-state index contributed by atoms with van der Waals surface area (Å²) in [5.74, 6) is 0.957. The molecule has 1 fully saturated rings. The first kappa shape index (κ1) is 20.2. The van der Waals surface area contributed by atoms with Gasteiger partial charge in [-0.15, -0.1) is 11.3 Å². The average molecular weight is 452 g/mol. The minimum Gasteiger partial charge on any atom is -0.491 e. The second kappa shape index (κ2) is 9.60. The standard InChI is InChI=1S/C21H26BrNO3S/c1-3-26-18-17(22)19(27-20(18)21(24)25-2)15-10-7-11-16(12-15)23-13-14-8-5-4-6-9-14/h7,10-12,14,23H,3-6,8-9,13H2,1-2H3. The minimum absolute atomic E-state index is 0.373. The number of methoxy groups -OCH3 is 1. The molecule has 3 rings (SSSR count). The van der Waals surface area contributed by atoms with E-state index in [1.54, 1.807) is 0 Å². The maximum Gasteiger partial charge on any atom is 0.351 e. The highest BCUT2D eigenvalue weighted by atomic mass is 79.9. The van der Waals surface area contributed by atoms with Crippen LogP contribution in [0.3, 0.4) is 0 Å². The van der Waals surface area contributed by atoms with Gasteiger partial charge in [0.2, 0.25) is 0 Å². The third-order valence-corrected chi connectivity index (χ3v) is 7.13. The molecule has 1 aliphatic carbocycles. The molecule has 0 atom stereocenters. The summed E-state index contributed by atoms with van der Waals surface area (Å²) in [5, 5.41) is 3.59. The van der Waals surface area contributed by atoms with Gasteiger partial charge in [-0.05, 0) is 59.3 Å². The van der Waals surface area contributed by atoms with Gasteiger partial charge >= 0.3 is 5.97 Å². The summed E-state index contributed by atoms with van der Waals surface area (Å²) in [4.78, 5) is 13.6. The predicted molar refractivity (Wildman–Crippen MR) is 115 cm³/mol. The van der Waals surface area contributed by atoms with Crippen molar-refractivity contribution < 1.29 is 14.3 Å². The molecule has 1 heterocycles. The maximum atomic E-state index is 12.1. The second-order valence-corrected chi connectivity index (χ2v) is 8.61. The summed E-state index contributed by atoms with van der Waals surface area (Å²) < 4.78 is 11.4. The van der Waals surface area contributed by atoms with Crippen molar-refractivity contribution in [1.29, 1.82) is 0 Å². The normalized spacial score (nSPS) is 14.8. The number of anilines is 1. The number of halogens is 1. The molecular formula is C21H26BrNO3S. The van der Waals surface area contributed by atoms with Gasteiger partial charge in [-0.25, -0.2) is 4.79 Å². The zero-order chi connectivity index (χ0) is 19.2. The van der Waals surface area contributed by atoms with Gasteiger partial charge < -0.3 is 14.8 Å². The Morgan fingerprint density at radius 1 is 1.30 bits per heavy atom. The molecule has 0 radical (unpaired) electrons. The molecule has 0 bridgehead atoms. The van der Waals surface area contributed by atoms with Crippen LogP contribution in [0.5, 0.6) is 5.75 Å². The number of carbonyl (C=O) groups excluding carboxylic acids is 1. The van der Waals surface area contributed by atoms with Gasteiger partial charge in [0, 0.05) is 12.2 Å². The molecule has 1 aromatic carbocycles. The predicted octanol–water partition coefficient (Wildman–Crippen LogP) is 6.36. The monoisotopic (exact) mass is 451 g/mol. The maximum absolute atomic E-state index is 12.1. The van der Waals surface area contributed by atoms with E-state index in [9.17, 15) is 4.79 Å². The molecule has 1 aromatic heterocycles. The number of nitrogens with one attached hydrogen (secondary N) is 1. The summed E-state index contributed by atoms with van der Waals surface area (Å²) in [7, 11) is 1.39. The molecule has 146 valence electrons. The lowest BCUT2D eigenvalue weighted by Gasteiger charge is -2.22. The summed E-state index contributed by atoms with van der Waals surface area (Å²) in [6.45, 7) is 3.41. The van der Waals surface area contributed by atoms with Crippen molar-refractivity contribution in [3.8, 4) is 16.2 Å². The average Bonchev–Trinajstić information content (AvgIpc) is 3.04. The number of hydrogen-bond donors (Lipinski definition) is 1. The Morgan fingerprint density at radius 3 is 2.78 bits per heavy atom. The SMILES string of the molecule is CCOc1c(C(=O)OC)sc(-c2cccc(NCC3CCCCC3)c2)c1Br. The van der Waals surface area contributed by atoms with Gasteiger partial charge in [-0.3, -0.25) is 0 Å². The zero-order valence-electron chi connectivity index (χ0n) is 15.8. The van der Waals surface area contributed by atoms with E-state index in [4.69, 9.17) is 9.47 Å². The molecule has 1 N–H and O–H groups in total. The number of esters is 1. The highest BCUT2D eigenvalue weighted by Crippen LogP contribution is 2.46. The first-order valence-corrected chi connectivity index (χ1v) is 11.1. The lowest BCUT2D eigenvalue weighted by Crippen LogP contribution is -2.17. The van der Waals surface area contributed by atoms with Gasteiger partial charge in [0.1, 0.15) is 0 Å². The molecule has 1 saturated carbocycles. The Labute approximate surface area is 173 Å². The van der Waals surface area contributed by atoms with Gasteiger partial charge in [0.15, 0.2) is 10.6 Å². The number of ether oxygens (including phenoxy) is 2. The highest BCUT2D eigenvalue weighted by molar-refractivity contribution is 9.10. The summed E-state index contributed by atoms with van der Waals surface area (Å²) >= 11 is 5.01. The molecule has 0 aliphatic heterocycles. The fourth-order valence-corrected chi connectivity index (χ4v) is 5.47. The van der Waals surface area contributed by atoms with Crippen LogP contribution in [0.1, 0.15) is 48.7 Å². The fourth-order valence-electron chi connectivity index (χ4n) is 3.51. The first-order chi connectivity index (χ1) is 13.1. The van der Waals surface area contributed by atoms with E-state index in [2.05, 4.69) is 39.4 Å². The van der Waals surface area contributed by atoms with E-state index in [0.717, 1.165) is 33.1 Å². The van der Waals surface area contributed by atoms with Gasteiger partial charge in [-0.1, -0.05) is 31.4 Å². The van der Waals surface area contributed by atoms with Crippen molar-refractivity contribution in [2.24, 2.45) is 5.92 Å². The van der Waals surface area contributed by atoms with E-state index in [1.165, 1.54) is 50.6 Å². The third-order valence-electron chi connectivity index (χ3n) is 4.91. The molecule has 0 spiro atoms. The summed E-state index contributed by atoms with van der Waals surface area (Å²) in [6, 6.07) is 8.33. The molecule has 4 nitrogen and oxygen atoms in total. The first-order valence-electron chi connectivity index (χ1n) is 9.51. The highest BCUT2D eigenvalue weighted by Gasteiger charge is 2.24. The van der Waals surface area contributed by atoms with Gasteiger partial charge in [0.05, 0.1) is 23.1 Å². The zero-order valence-corrected chi connectivity index (χ0v) is 18.2. The van der Waals surface area contributed by atoms with Crippen LogP contribution in [-0.2, 0) is 4.74 Å². The van der Waals surface area contributed by atoms with Crippen molar-refractivity contribution in [3.05, 3.63) is 33.6 Å². The van der Waals surface area contributed by atoms with Crippen LogP contribution in [0, 0.1) is 5.92 Å². The lowest BCUT2D eigenvalue weighted by atomic mass is 9.89. The Hall–Kier alpha value is -1.53. The van der Waals surface area contributed by atoms with Crippen LogP contribution in [0.25, 0.3) is 10.4 Å². The van der Waals surface area contributed by atoms with E-state index < -0.39 is 0 Å². The van der Waals surface area contributed by atoms with Crippen LogP contribution < -0.4 is 10.1 Å². The molecule has 0 amide bonds. The minimum atomic E-state index is -0.373. The molecule has 0 unspecified atom stereocenters. The van der Waals surface area contributed by atoms with Crippen molar-refractivity contribution in [3.63, 3.8) is 0 Å². The molecule has 0 saturated heterocycles. The van der Waals surface area contributed by atoms with Crippen LogP contribution in [-0.4, -0.2) is 26.2 Å². The Balaban J connectivity index is 1.82.